The van der Waals surface area contributed by atoms with Crippen molar-refractivity contribution in [3.8, 4) is 0 Å². The molecule has 0 aliphatic carbocycles. The highest BCUT2D eigenvalue weighted by molar-refractivity contribution is 5.89. The first kappa shape index (κ1) is 13.2. The molecule has 6 heteroatoms. The second-order valence-corrected chi connectivity index (χ2v) is 4.47. The summed E-state index contributed by atoms with van der Waals surface area (Å²) in [4.78, 5) is 16.5. The normalized spacial score (nSPS) is 11.3. The van der Waals surface area contributed by atoms with Crippen molar-refractivity contribution < 1.29 is 15.0 Å². The molecule has 0 aliphatic rings. The molecule has 1 aromatic heterocycles. The van der Waals surface area contributed by atoms with Gasteiger partial charge in [-0.15, -0.1) is 0 Å². The molecule has 1 rings (SSSR count). The lowest BCUT2D eigenvalue weighted by Crippen LogP contribution is -2.45. The summed E-state index contributed by atoms with van der Waals surface area (Å²) in [6.45, 7) is 3.60. The van der Waals surface area contributed by atoms with Gasteiger partial charge in [0.1, 0.15) is 0 Å². The summed E-state index contributed by atoms with van der Waals surface area (Å²) >= 11 is 0. The van der Waals surface area contributed by atoms with Crippen molar-refractivity contribution in [3.05, 3.63) is 17.8 Å². The maximum atomic E-state index is 10.7. The fourth-order valence-electron chi connectivity index (χ4n) is 1.26. The summed E-state index contributed by atoms with van der Waals surface area (Å²) < 4.78 is 0. The molecule has 6 nitrogen and oxygen atoms in total. The zero-order chi connectivity index (χ0) is 13.2. The summed E-state index contributed by atoms with van der Waals surface area (Å²) in [5.74, 6) is -0.617. The molecule has 0 saturated heterocycles. The van der Waals surface area contributed by atoms with Gasteiger partial charge in [-0.3, -0.25) is 0 Å². The second kappa shape index (κ2) is 4.58. The maximum absolute atomic E-state index is 10.7. The van der Waals surface area contributed by atoms with Gasteiger partial charge in [-0.25, -0.2) is 9.78 Å². The summed E-state index contributed by atoms with van der Waals surface area (Å²) in [5, 5.41) is 18.1. The van der Waals surface area contributed by atoms with Crippen LogP contribution in [0, 0.1) is 0 Å². The molecular formula is C11H17N3O3. The largest absolute Gasteiger partial charge is 0.478 e. The Morgan fingerprint density at radius 2 is 2.18 bits per heavy atom. The predicted molar refractivity (Wildman–Crippen MR) is 65.2 cm³/mol. The van der Waals surface area contributed by atoms with Crippen molar-refractivity contribution in [1.82, 2.24) is 4.98 Å². The van der Waals surface area contributed by atoms with Crippen LogP contribution >= 0.6 is 0 Å². The Morgan fingerprint density at radius 3 is 2.59 bits per heavy atom. The number of aliphatic hydroxyl groups excluding tert-OH is 1. The first-order valence-electron chi connectivity index (χ1n) is 5.13. The minimum Gasteiger partial charge on any atom is -0.478 e. The highest BCUT2D eigenvalue weighted by atomic mass is 16.4. The number of aromatic carboxylic acids is 1. The Balaban J connectivity index is 3.12. The van der Waals surface area contributed by atoms with E-state index < -0.39 is 11.5 Å². The van der Waals surface area contributed by atoms with E-state index >= 15 is 0 Å². The van der Waals surface area contributed by atoms with Crippen molar-refractivity contribution in [2.24, 2.45) is 0 Å². The molecule has 94 valence electrons. The van der Waals surface area contributed by atoms with E-state index in [1.165, 1.54) is 12.3 Å². The van der Waals surface area contributed by atoms with Gasteiger partial charge in [0.15, 0.2) is 5.82 Å². The second-order valence-electron chi connectivity index (χ2n) is 4.47. The van der Waals surface area contributed by atoms with Crippen molar-refractivity contribution in [3.63, 3.8) is 0 Å². The zero-order valence-corrected chi connectivity index (χ0v) is 10.1. The van der Waals surface area contributed by atoms with Crippen LogP contribution in [0.5, 0.6) is 0 Å². The lowest BCUT2D eigenvalue weighted by molar-refractivity contribution is 0.0696. The molecule has 0 spiro atoms. The minimum atomic E-state index is -1.07. The van der Waals surface area contributed by atoms with E-state index in [0.717, 1.165) is 0 Å². The molecule has 1 aromatic rings. The molecule has 0 fully saturated rings. The highest BCUT2D eigenvalue weighted by Crippen LogP contribution is 2.26. The highest BCUT2D eigenvalue weighted by Gasteiger charge is 2.25. The Bertz CT molecular complexity index is 432. The number of carboxylic acid groups (broad SMARTS) is 1. The van der Waals surface area contributed by atoms with Crippen molar-refractivity contribution in [2.75, 3.05) is 24.3 Å². The van der Waals surface area contributed by atoms with E-state index in [1.54, 1.807) is 11.9 Å². The lowest BCUT2D eigenvalue weighted by Gasteiger charge is -2.35. The molecule has 0 amide bonds. The summed E-state index contributed by atoms with van der Waals surface area (Å²) in [7, 11) is 1.75. The number of nitrogens with two attached hydrogens (primary N) is 1. The Hall–Kier alpha value is -1.82. The van der Waals surface area contributed by atoms with E-state index in [-0.39, 0.29) is 17.9 Å². The standard InChI is InChI=1S/C11H17N3O3/c1-11(2,6-15)14(3)9-8(12)4-7(5-13-9)10(16)17/h4-5,15H,6,12H2,1-3H3,(H,16,17). The first-order chi connectivity index (χ1) is 7.79. The smallest absolute Gasteiger partial charge is 0.337 e. The van der Waals surface area contributed by atoms with Crippen LogP contribution in [0.3, 0.4) is 0 Å². The summed E-state index contributed by atoms with van der Waals surface area (Å²) in [6, 6.07) is 1.36. The van der Waals surface area contributed by atoms with Gasteiger partial charge in [0, 0.05) is 13.2 Å². The summed E-state index contributed by atoms with van der Waals surface area (Å²) in [6.07, 6.45) is 1.25. The van der Waals surface area contributed by atoms with Crippen molar-refractivity contribution in [1.29, 1.82) is 0 Å². The number of carbonyl (C=O) groups is 1. The Labute approximate surface area is 99.7 Å². The third-order valence-electron chi connectivity index (χ3n) is 2.75. The molecule has 0 aromatic carbocycles. The topological polar surface area (TPSA) is 99.7 Å². The van der Waals surface area contributed by atoms with Crippen LogP contribution in [0.15, 0.2) is 12.3 Å². The van der Waals surface area contributed by atoms with Crippen LogP contribution in [0.4, 0.5) is 11.5 Å². The molecule has 17 heavy (non-hydrogen) atoms. The number of anilines is 2. The molecule has 0 saturated carbocycles. The number of rotatable bonds is 4. The number of nitrogen functional groups attached to an aromatic ring is 1. The Kier molecular flexibility index (Phi) is 3.57. The number of likely N-dealkylation sites (N-methyl/N-ethyl adjacent to an activating group) is 1. The van der Waals surface area contributed by atoms with E-state index in [1.807, 2.05) is 13.8 Å². The zero-order valence-electron chi connectivity index (χ0n) is 10.1. The van der Waals surface area contributed by atoms with Gasteiger partial charge in [0.25, 0.3) is 0 Å². The Morgan fingerprint density at radius 1 is 1.59 bits per heavy atom. The average molecular weight is 239 g/mol. The average Bonchev–Trinajstić information content (AvgIpc) is 2.27. The molecule has 1 heterocycles. The van der Waals surface area contributed by atoms with Crippen LogP contribution in [-0.4, -0.2) is 40.4 Å². The molecule has 4 N–H and O–H groups in total. The van der Waals surface area contributed by atoms with Gasteiger partial charge in [0.05, 0.1) is 23.4 Å². The molecular weight excluding hydrogens is 222 g/mol. The van der Waals surface area contributed by atoms with E-state index in [0.29, 0.717) is 5.82 Å². The minimum absolute atomic E-state index is 0.0430. The van der Waals surface area contributed by atoms with Crippen LogP contribution in [0.25, 0.3) is 0 Å². The molecule has 0 radical (unpaired) electrons. The number of aliphatic hydroxyl groups is 1. The monoisotopic (exact) mass is 239 g/mol. The van der Waals surface area contributed by atoms with Gasteiger partial charge >= 0.3 is 5.97 Å². The summed E-state index contributed by atoms with van der Waals surface area (Å²) in [5.41, 5.74) is 5.56. The number of aromatic nitrogens is 1. The van der Waals surface area contributed by atoms with Gasteiger partial charge in [-0.1, -0.05) is 0 Å². The van der Waals surface area contributed by atoms with Crippen molar-refractivity contribution in [2.45, 2.75) is 19.4 Å². The third-order valence-corrected chi connectivity index (χ3v) is 2.75. The van der Waals surface area contributed by atoms with Crippen LogP contribution < -0.4 is 10.6 Å². The van der Waals surface area contributed by atoms with Crippen LogP contribution in [0.1, 0.15) is 24.2 Å². The third kappa shape index (κ3) is 2.65. The van der Waals surface area contributed by atoms with Crippen LogP contribution in [-0.2, 0) is 0 Å². The lowest BCUT2D eigenvalue weighted by atomic mass is 10.0. The van der Waals surface area contributed by atoms with E-state index in [4.69, 9.17) is 10.8 Å². The van der Waals surface area contributed by atoms with Gasteiger partial charge in [-0.2, -0.15) is 0 Å². The maximum Gasteiger partial charge on any atom is 0.337 e. The number of pyridine rings is 1. The SMILES string of the molecule is CN(c1ncc(C(=O)O)cc1N)C(C)(C)CO. The molecule has 0 unspecified atom stereocenters. The van der Waals surface area contributed by atoms with Gasteiger partial charge < -0.3 is 20.8 Å². The molecule has 0 aliphatic heterocycles. The quantitative estimate of drug-likeness (QED) is 0.710. The van der Waals surface area contributed by atoms with E-state index in [9.17, 15) is 9.90 Å². The first-order valence-corrected chi connectivity index (χ1v) is 5.13. The predicted octanol–water partition coefficient (Wildman–Crippen LogP) is 0.569. The number of hydrogen-bond donors (Lipinski definition) is 3. The van der Waals surface area contributed by atoms with E-state index in [2.05, 4.69) is 4.98 Å². The van der Waals surface area contributed by atoms with Crippen LogP contribution in [0.2, 0.25) is 0 Å². The number of nitrogens with zero attached hydrogens (tertiary/aromatic N) is 2. The number of hydrogen-bond acceptors (Lipinski definition) is 5. The van der Waals surface area contributed by atoms with Crippen molar-refractivity contribution >= 4 is 17.5 Å². The molecule has 0 bridgehead atoms. The molecule has 0 atom stereocenters. The fraction of sp³-hybridized carbons (Fsp3) is 0.455. The van der Waals surface area contributed by atoms with Gasteiger partial charge in [-0.05, 0) is 19.9 Å². The van der Waals surface area contributed by atoms with Gasteiger partial charge in [0.2, 0.25) is 0 Å². The number of carboxylic acids is 1. The fourth-order valence-corrected chi connectivity index (χ4v) is 1.26.